The minimum atomic E-state index is -0.324. The van der Waals surface area contributed by atoms with E-state index in [1.807, 2.05) is 12.1 Å². The van der Waals surface area contributed by atoms with Crippen LogP contribution in [0.15, 0.2) is 30.5 Å². The van der Waals surface area contributed by atoms with Crippen LogP contribution in [0.1, 0.15) is 5.56 Å². The summed E-state index contributed by atoms with van der Waals surface area (Å²) in [5, 5.41) is 3.79. The maximum Gasteiger partial charge on any atom is 0.141 e. The molecule has 1 aromatic heterocycles. The molecule has 16 heavy (non-hydrogen) atoms. The standard InChI is InChI=1S/C13H11FN2/c1-15-6-2-4-10-8-11-5-3-7-16-13(11)9-12(10)14/h3,5,7-9,15H,6H2,1H3. The van der Waals surface area contributed by atoms with Crippen molar-refractivity contribution in [2.45, 2.75) is 0 Å². The Bertz CT molecular complexity index is 567. The first-order chi connectivity index (χ1) is 7.81. The molecule has 2 nitrogen and oxygen atoms in total. The molecular weight excluding hydrogens is 203 g/mol. The molecule has 0 aliphatic heterocycles. The zero-order chi connectivity index (χ0) is 11.4. The molecule has 0 radical (unpaired) electrons. The Morgan fingerprint density at radius 2 is 2.31 bits per heavy atom. The monoisotopic (exact) mass is 214 g/mol. The maximum absolute atomic E-state index is 13.6. The summed E-state index contributed by atoms with van der Waals surface area (Å²) in [5.74, 6) is 5.30. The molecule has 2 rings (SSSR count). The third-order valence-electron chi connectivity index (χ3n) is 2.18. The number of hydrogen-bond donors (Lipinski definition) is 1. The van der Waals surface area contributed by atoms with E-state index in [-0.39, 0.29) is 5.82 Å². The van der Waals surface area contributed by atoms with Crippen LogP contribution in [0.4, 0.5) is 4.39 Å². The number of benzene rings is 1. The zero-order valence-corrected chi connectivity index (χ0v) is 8.92. The van der Waals surface area contributed by atoms with E-state index in [1.54, 1.807) is 19.3 Å². The minimum absolute atomic E-state index is 0.324. The van der Waals surface area contributed by atoms with E-state index in [0.717, 1.165) is 5.39 Å². The van der Waals surface area contributed by atoms with E-state index in [9.17, 15) is 4.39 Å². The van der Waals surface area contributed by atoms with Gasteiger partial charge in [0.15, 0.2) is 0 Å². The second kappa shape index (κ2) is 4.73. The van der Waals surface area contributed by atoms with Gasteiger partial charge in [-0.3, -0.25) is 4.98 Å². The van der Waals surface area contributed by atoms with Crippen molar-refractivity contribution in [2.75, 3.05) is 13.6 Å². The van der Waals surface area contributed by atoms with Crippen LogP contribution >= 0.6 is 0 Å². The van der Waals surface area contributed by atoms with Crippen LogP contribution in [0.25, 0.3) is 10.9 Å². The lowest BCUT2D eigenvalue weighted by Crippen LogP contribution is -2.04. The normalized spacial score (nSPS) is 9.88. The van der Waals surface area contributed by atoms with Crippen molar-refractivity contribution in [3.05, 3.63) is 41.8 Å². The lowest BCUT2D eigenvalue weighted by Gasteiger charge is -1.99. The highest BCUT2D eigenvalue weighted by atomic mass is 19.1. The molecule has 80 valence electrons. The van der Waals surface area contributed by atoms with E-state index in [2.05, 4.69) is 22.1 Å². The molecular formula is C13H11FN2. The number of nitrogens with zero attached hydrogens (tertiary/aromatic N) is 1. The quantitative estimate of drug-likeness (QED) is 0.734. The molecule has 0 saturated carbocycles. The van der Waals surface area contributed by atoms with Crippen molar-refractivity contribution in [3.8, 4) is 11.8 Å². The Morgan fingerprint density at radius 1 is 1.44 bits per heavy atom. The number of halogens is 1. The summed E-state index contributed by atoms with van der Waals surface area (Å²) >= 11 is 0. The predicted octanol–water partition coefficient (Wildman–Crippen LogP) is 1.94. The molecule has 0 aliphatic carbocycles. The molecule has 0 amide bonds. The largest absolute Gasteiger partial charge is 0.309 e. The van der Waals surface area contributed by atoms with Crippen LogP contribution in [0.3, 0.4) is 0 Å². The maximum atomic E-state index is 13.6. The van der Waals surface area contributed by atoms with E-state index < -0.39 is 0 Å². The summed E-state index contributed by atoms with van der Waals surface area (Å²) in [7, 11) is 1.80. The van der Waals surface area contributed by atoms with E-state index in [0.29, 0.717) is 17.6 Å². The van der Waals surface area contributed by atoms with Gasteiger partial charge in [0.25, 0.3) is 0 Å². The molecule has 1 heterocycles. The molecule has 0 spiro atoms. The third-order valence-corrected chi connectivity index (χ3v) is 2.18. The summed E-state index contributed by atoms with van der Waals surface area (Å²) < 4.78 is 13.6. The highest BCUT2D eigenvalue weighted by molar-refractivity contribution is 5.80. The fourth-order valence-corrected chi connectivity index (χ4v) is 1.42. The zero-order valence-electron chi connectivity index (χ0n) is 8.92. The van der Waals surface area contributed by atoms with Crippen molar-refractivity contribution in [1.29, 1.82) is 0 Å². The minimum Gasteiger partial charge on any atom is -0.309 e. The first-order valence-corrected chi connectivity index (χ1v) is 4.99. The van der Waals surface area contributed by atoms with Gasteiger partial charge in [-0.2, -0.15) is 0 Å². The second-order valence-corrected chi connectivity index (χ2v) is 3.36. The van der Waals surface area contributed by atoms with Crippen molar-refractivity contribution in [3.63, 3.8) is 0 Å². The van der Waals surface area contributed by atoms with Gasteiger partial charge in [0, 0.05) is 17.6 Å². The predicted molar refractivity (Wildman–Crippen MR) is 62.5 cm³/mol. The van der Waals surface area contributed by atoms with Crippen LogP contribution in [-0.2, 0) is 0 Å². The van der Waals surface area contributed by atoms with Gasteiger partial charge in [0.2, 0.25) is 0 Å². The molecule has 3 heteroatoms. The van der Waals surface area contributed by atoms with Gasteiger partial charge in [0.05, 0.1) is 17.6 Å². The van der Waals surface area contributed by atoms with Crippen LogP contribution in [0, 0.1) is 17.7 Å². The SMILES string of the molecule is CNCC#Cc1cc2cccnc2cc1F. The summed E-state index contributed by atoms with van der Waals surface area (Å²) in [4.78, 5) is 4.08. The van der Waals surface area contributed by atoms with Gasteiger partial charge < -0.3 is 5.32 Å². The van der Waals surface area contributed by atoms with Gasteiger partial charge in [-0.15, -0.1) is 0 Å². The first-order valence-electron chi connectivity index (χ1n) is 4.99. The molecule has 1 aromatic carbocycles. The molecule has 0 bridgehead atoms. The number of pyridine rings is 1. The van der Waals surface area contributed by atoms with Gasteiger partial charge in [-0.1, -0.05) is 17.9 Å². The van der Waals surface area contributed by atoms with Gasteiger partial charge in [0.1, 0.15) is 5.82 Å². The molecule has 0 atom stereocenters. The van der Waals surface area contributed by atoms with Crippen LogP contribution in [0.5, 0.6) is 0 Å². The number of aromatic nitrogens is 1. The molecule has 1 N–H and O–H groups in total. The number of nitrogens with one attached hydrogen (secondary N) is 1. The highest BCUT2D eigenvalue weighted by Crippen LogP contribution is 2.16. The van der Waals surface area contributed by atoms with Gasteiger partial charge >= 0.3 is 0 Å². The fourth-order valence-electron chi connectivity index (χ4n) is 1.42. The van der Waals surface area contributed by atoms with Crippen molar-refractivity contribution in [1.82, 2.24) is 10.3 Å². The van der Waals surface area contributed by atoms with Crippen molar-refractivity contribution in [2.24, 2.45) is 0 Å². The Morgan fingerprint density at radius 3 is 3.12 bits per heavy atom. The van der Waals surface area contributed by atoms with Crippen LogP contribution in [-0.4, -0.2) is 18.6 Å². The smallest absolute Gasteiger partial charge is 0.141 e. The summed E-state index contributed by atoms with van der Waals surface area (Å²) in [5.41, 5.74) is 1.06. The Hall–Kier alpha value is -1.92. The first kappa shape index (κ1) is 10.6. The third kappa shape index (κ3) is 2.18. The van der Waals surface area contributed by atoms with Crippen LogP contribution in [0.2, 0.25) is 0 Å². The second-order valence-electron chi connectivity index (χ2n) is 3.36. The highest BCUT2D eigenvalue weighted by Gasteiger charge is 2.02. The van der Waals surface area contributed by atoms with E-state index in [4.69, 9.17) is 0 Å². The lowest BCUT2D eigenvalue weighted by atomic mass is 10.1. The topological polar surface area (TPSA) is 24.9 Å². The van der Waals surface area contributed by atoms with Gasteiger partial charge in [-0.25, -0.2) is 4.39 Å². The lowest BCUT2D eigenvalue weighted by molar-refractivity contribution is 0.626. The van der Waals surface area contributed by atoms with Crippen LogP contribution < -0.4 is 5.32 Å². The number of hydrogen-bond acceptors (Lipinski definition) is 2. The van der Waals surface area contributed by atoms with Crippen molar-refractivity contribution < 1.29 is 4.39 Å². The van der Waals surface area contributed by atoms with E-state index in [1.165, 1.54) is 6.07 Å². The number of fused-ring (bicyclic) bond motifs is 1. The number of rotatable bonds is 1. The average molecular weight is 214 g/mol. The summed E-state index contributed by atoms with van der Waals surface area (Å²) in [6.45, 7) is 0.546. The van der Waals surface area contributed by atoms with E-state index >= 15 is 0 Å². The Kier molecular flexibility index (Phi) is 3.13. The Labute approximate surface area is 93.5 Å². The Balaban J connectivity index is 2.47. The fraction of sp³-hybridized carbons (Fsp3) is 0.154. The molecule has 0 aliphatic rings. The van der Waals surface area contributed by atoms with Gasteiger partial charge in [-0.05, 0) is 19.2 Å². The molecule has 0 fully saturated rings. The molecule has 0 unspecified atom stereocenters. The van der Waals surface area contributed by atoms with Crippen molar-refractivity contribution >= 4 is 10.9 Å². The molecule has 0 saturated heterocycles. The molecule has 2 aromatic rings. The summed E-state index contributed by atoms with van der Waals surface area (Å²) in [6.07, 6.45) is 1.65. The average Bonchev–Trinajstić information content (AvgIpc) is 2.30. The summed E-state index contributed by atoms with van der Waals surface area (Å²) in [6, 6.07) is 6.86.